The van der Waals surface area contributed by atoms with Gasteiger partial charge in [0.25, 0.3) is 0 Å². The summed E-state index contributed by atoms with van der Waals surface area (Å²) < 4.78 is 6.08. The van der Waals surface area contributed by atoms with E-state index in [-0.39, 0.29) is 0 Å². The van der Waals surface area contributed by atoms with E-state index in [0.717, 1.165) is 66.9 Å². The average Bonchev–Trinajstić information content (AvgIpc) is 2.82. The fraction of sp³-hybridized carbons (Fsp3) is 0.370. The third-order valence-corrected chi connectivity index (χ3v) is 6.47. The molecule has 3 N–H and O–H groups in total. The number of benzene rings is 2. The van der Waals surface area contributed by atoms with E-state index in [2.05, 4.69) is 45.5 Å². The molecule has 0 radical (unpaired) electrons. The van der Waals surface area contributed by atoms with Crippen molar-refractivity contribution < 1.29 is 4.74 Å². The second-order valence-electron chi connectivity index (χ2n) is 8.75. The van der Waals surface area contributed by atoms with Crippen LogP contribution in [0.2, 0.25) is 0 Å². The zero-order chi connectivity index (χ0) is 22.3. The molecule has 0 saturated carbocycles. The van der Waals surface area contributed by atoms with Crippen molar-refractivity contribution in [3.05, 3.63) is 77.5 Å². The molecule has 5 heteroatoms. The second kappa shape index (κ2) is 10.5. The quantitative estimate of drug-likeness (QED) is 0.474. The van der Waals surface area contributed by atoms with Crippen LogP contribution in [0.5, 0.6) is 11.6 Å². The number of nitrogens with one attached hydrogen (secondary N) is 1. The summed E-state index contributed by atoms with van der Waals surface area (Å²) >= 11 is 0. The average molecular weight is 431 g/mol. The number of para-hydroxylation sites is 1. The van der Waals surface area contributed by atoms with Crippen LogP contribution in [0.25, 0.3) is 0 Å². The first-order chi connectivity index (χ1) is 15.6. The molecule has 168 valence electrons. The van der Waals surface area contributed by atoms with E-state index >= 15 is 0 Å². The van der Waals surface area contributed by atoms with Gasteiger partial charge in [0.2, 0.25) is 5.88 Å². The molecule has 0 aliphatic carbocycles. The Labute approximate surface area is 191 Å². The van der Waals surface area contributed by atoms with Crippen molar-refractivity contribution in [2.75, 3.05) is 30.7 Å². The van der Waals surface area contributed by atoms with Crippen molar-refractivity contribution in [1.82, 2.24) is 9.88 Å². The number of aryl methyl sites for hydroxylation is 1. The highest BCUT2D eigenvalue weighted by Gasteiger charge is 2.20. The molecule has 0 unspecified atom stereocenters. The third kappa shape index (κ3) is 5.60. The third-order valence-electron chi connectivity index (χ3n) is 6.47. The Hall–Kier alpha value is -3.05. The molecular formula is C27H34N4O. The lowest BCUT2D eigenvalue weighted by Crippen LogP contribution is -2.33. The number of nitrogens with two attached hydrogens (primary N) is 1. The normalized spacial score (nSPS) is 14.9. The number of ether oxygens (including phenoxy) is 1. The van der Waals surface area contributed by atoms with Crippen molar-refractivity contribution in [3.63, 3.8) is 0 Å². The topological polar surface area (TPSA) is 63.4 Å². The number of nitrogens with zero attached hydrogens (tertiary/aromatic N) is 2. The lowest BCUT2D eigenvalue weighted by molar-refractivity contribution is 0.174. The van der Waals surface area contributed by atoms with Crippen molar-refractivity contribution in [2.24, 2.45) is 5.92 Å². The number of aromatic nitrogens is 1. The Morgan fingerprint density at radius 3 is 2.34 bits per heavy atom. The smallest absolute Gasteiger partial charge is 0.245 e. The van der Waals surface area contributed by atoms with Gasteiger partial charge in [-0.3, -0.25) is 4.90 Å². The summed E-state index contributed by atoms with van der Waals surface area (Å²) in [6.07, 6.45) is 3.60. The summed E-state index contributed by atoms with van der Waals surface area (Å²) in [5.74, 6) is 2.04. The minimum absolute atomic E-state index is 0.550. The van der Waals surface area contributed by atoms with Crippen molar-refractivity contribution in [1.29, 1.82) is 0 Å². The summed E-state index contributed by atoms with van der Waals surface area (Å²) in [4.78, 5) is 7.24. The van der Waals surface area contributed by atoms with Crippen molar-refractivity contribution >= 4 is 11.4 Å². The van der Waals surface area contributed by atoms with E-state index < -0.39 is 0 Å². The number of anilines is 2. The lowest BCUT2D eigenvalue weighted by Gasteiger charge is -2.32. The highest BCUT2D eigenvalue weighted by atomic mass is 16.5. The molecule has 0 amide bonds. The molecule has 4 rings (SSSR count). The van der Waals surface area contributed by atoms with Gasteiger partial charge in [-0.2, -0.15) is 0 Å². The summed E-state index contributed by atoms with van der Waals surface area (Å²) in [5, 5.41) is 3.54. The fourth-order valence-corrected chi connectivity index (χ4v) is 4.31. The first kappa shape index (κ1) is 22.2. The van der Waals surface area contributed by atoms with Gasteiger partial charge >= 0.3 is 0 Å². The molecule has 5 nitrogen and oxygen atoms in total. The highest BCUT2D eigenvalue weighted by Crippen LogP contribution is 2.36. The molecule has 0 atom stereocenters. The van der Waals surface area contributed by atoms with Crippen molar-refractivity contribution in [2.45, 2.75) is 39.7 Å². The van der Waals surface area contributed by atoms with Gasteiger partial charge in [-0.1, -0.05) is 48.5 Å². The van der Waals surface area contributed by atoms with Crippen LogP contribution >= 0.6 is 0 Å². The molecular weight excluding hydrogens is 396 g/mol. The maximum absolute atomic E-state index is 6.46. The molecule has 2 heterocycles. The Bertz CT molecular complexity index is 999. The highest BCUT2D eigenvalue weighted by molar-refractivity contribution is 5.75. The van der Waals surface area contributed by atoms with Crippen LogP contribution in [0, 0.1) is 19.8 Å². The van der Waals surface area contributed by atoms with Gasteiger partial charge in [-0.15, -0.1) is 0 Å². The number of likely N-dealkylation sites (tertiary alicyclic amines) is 1. The maximum Gasteiger partial charge on any atom is 0.245 e. The Kier molecular flexibility index (Phi) is 7.28. The Balaban J connectivity index is 1.32. The molecule has 1 aliphatic heterocycles. The summed E-state index contributed by atoms with van der Waals surface area (Å²) in [7, 11) is 0. The van der Waals surface area contributed by atoms with Gasteiger partial charge in [0.15, 0.2) is 0 Å². The molecule has 32 heavy (non-hydrogen) atoms. The number of hydrogen-bond acceptors (Lipinski definition) is 5. The number of rotatable bonds is 8. The molecule has 1 fully saturated rings. The molecule has 1 saturated heterocycles. The van der Waals surface area contributed by atoms with Crippen LogP contribution in [0.15, 0.2) is 60.7 Å². The Morgan fingerprint density at radius 2 is 1.66 bits per heavy atom. The monoisotopic (exact) mass is 430 g/mol. The van der Waals surface area contributed by atoms with Gasteiger partial charge < -0.3 is 15.8 Å². The molecule has 1 aliphatic rings. The second-order valence-corrected chi connectivity index (χ2v) is 8.75. The molecule has 0 bridgehead atoms. The molecule has 0 spiro atoms. The van der Waals surface area contributed by atoms with Gasteiger partial charge in [0.1, 0.15) is 11.4 Å². The van der Waals surface area contributed by atoms with Gasteiger partial charge in [0.05, 0.1) is 5.69 Å². The summed E-state index contributed by atoms with van der Waals surface area (Å²) in [6.45, 7) is 8.22. The van der Waals surface area contributed by atoms with Crippen LogP contribution in [0.4, 0.5) is 11.4 Å². The standard InChI is InChI=1S/C27H34N4O/c1-20-21(2)30-27(32-24-11-7-4-8-12-24)26(25(20)28)29-16-13-22-14-17-31(18-15-22)19-23-9-5-3-6-10-23/h3-12,22,29H,13-19H2,1-2H3,(H2,28,30). The first-order valence-electron chi connectivity index (χ1n) is 11.6. The number of pyridine rings is 1. The Morgan fingerprint density at radius 1 is 1.00 bits per heavy atom. The van der Waals surface area contributed by atoms with E-state index in [9.17, 15) is 0 Å². The molecule has 2 aromatic carbocycles. The first-order valence-corrected chi connectivity index (χ1v) is 11.6. The summed E-state index contributed by atoms with van der Waals surface area (Å²) in [5.41, 5.74) is 11.3. The van der Waals surface area contributed by atoms with Crippen LogP contribution in [0.1, 0.15) is 36.1 Å². The summed E-state index contributed by atoms with van der Waals surface area (Å²) in [6, 6.07) is 20.5. The predicted octanol–water partition coefficient (Wildman–Crippen LogP) is 5.79. The number of piperidine rings is 1. The van der Waals surface area contributed by atoms with Gasteiger partial charge in [-0.25, -0.2) is 4.98 Å². The predicted molar refractivity (Wildman–Crippen MR) is 132 cm³/mol. The fourth-order valence-electron chi connectivity index (χ4n) is 4.31. The lowest BCUT2D eigenvalue weighted by atomic mass is 9.93. The van der Waals surface area contributed by atoms with E-state index in [0.29, 0.717) is 5.88 Å². The maximum atomic E-state index is 6.46. The minimum atomic E-state index is 0.550. The van der Waals surface area contributed by atoms with Crippen LogP contribution in [0.3, 0.4) is 0 Å². The zero-order valence-corrected chi connectivity index (χ0v) is 19.2. The van der Waals surface area contributed by atoms with Crippen LogP contribution < -0.4 is 15.8 Å². The van der Waals surface area contributed by atoms with E-state index in [1.807, 2.05) is 44.2 Å². The number of nitrogen functional groups attached to an aromatic ring is 1. The van der Waals surface area contributed by atoms with Gasteiger partial charge in [-0.05, 0) is 75.4 Å². The largest absolute Gasteiger partial charge is 0.437 e. The zero-order valence-electron chi connectivity index (χ0n) is 19.2. The minimum Gasteiger partial charge on any atom is -0.437 e. The van der Waals surface area contributed by atoms with Crippen LogP contribution in [-0.2, 0) is 6.54 Å². The van der Waals surface area contributed by atoms with E-state index in [4.69, 9.17) is 10.5 Å². The van der Waals surface area contributed by atoms with Crippen molar-refractivity contribution in [3.8, 4) is 11.6 Å². The number of hydrogen-bond donors (Lipinski definition) is 2. The van der Waals surface area contributed by atoms with Gasteiger partial charge in [0, 0.05) is 18.8 Å². The van der Waals surface area contributed by atoms with E-state index in [1.54, 1.807) is 0 Å². The van der Waals surface area contributed by atoms with Crippen LogP contribution in [-0.4, -0.2) is 29.5 Å². The molecule has 3 aromatic rings. The van der Waals surface area contributed by atoms with E-state index in [1.165, 1.54) is 18.4 Å². The SMILES string of the molecule is Cc1nc(Oc2ccccc2)c(NCCC2CCN(Cc3ccccc3)CC2)c(N)c1C. The molecule has 1 aromatic heterocycles.